The van der Waals surface area contributed by atoms with Crippen LogP contribution in [0.5, 0.6) is 0 Å². The Hall–Kier alpha value is -1.82. The molecule has 0 spiro atoms. The van der Waals surface area contributed by atoms with Crippen LogP contribution >= 0.6 is 15.9 Å². The van der Waals surface area contributed by atoms with E-state index in [4.69, 9.17) is 5.84 Å². The quantitative estimate of drug-likeness (QED) is 0.562. The lowest BCUT2D eigenvalue weighted by Gasteiger charge is -2.19. The lowest BCUT2D eigenvalue weighted by atomic mass is 9.95. The van der Waals surface area contributed by atoms with Gasteiger partial charge >= 0.3 is 0 Å². The lowest BCUT2D eigenvalue weighted by molar-refractivity contribution is 0.605. The van der Waals surface area contributed by atoms with E-state index in [1.807, 2.05) is 30.3 Å². The number of pyridine rings is 1. The Labute approximate surface area is 130 Å². The summed E-state index contributed by atoms with van der Waals surface area (Å²) in [6.45, 7) is 0. The number of benzene rings is 2. The number of hydrazine groups is 1. The molecule has 1 heterocycles. The van der Waals surface area contributed by atoms with Crippen LogP contribution in [-0.2, 0) is 0 Å². The monoisotopic (exact) mass is 345 g/mol. The van der Waals surface area contributed by atoms with E-state index >= 15 is 0 Å². The summed E-state index contributed by atoms with van der Waals surface area (Å²) >= 11 is 3.31. The number of nitrogens with zero attached hydrogens (tertiary/aromatic N) is 1. The van der Waals surface area contributed by atoms with E-state index in [2.05, 4.69) is 26.3 Å². The van der Waals surface area contributed by atoms with E-state index in [0.29, 0.717) is 4.47 Å². The van der Waals surface area contributed by atoms with Crippen molar-refractivity contribution in [2.24, 2.45) is 5.84 Å². The summed E-state index contributed by atoms with van der Waals surface area (Å²) in [6.07, 6.45) is 3.54. The summed E-state index contributed by atoms with van der Waals surface area (Å²) < 4.78 is 14.3. The zero-order chi connectivity index (χ0) is 14.8. The van der Waals surface area contributed by atoms with E-state index in [9.17, 15) is 4.39 Å². The van der Waals surface area contributed by atoms with Crippen LogP contribution in [0.3, 0.4) is 0 Å². The van der Waals surface area contributed by atoms with E-state index in [1.165, 1.54) is 12.1 Å². The second-order valence-corrected chi connectivity index (χ2v) is 5.66. The summed E-state index contributed by atoms with van der Waals surface area (Å²) in [5.41, 5.74) is 4.48. The van der Waals surface area contributed by atoms with Gasteiger partial charge in [0.05, 0.1) is 6.04 Å². The summed E-state index contributed by atoms with van der Waals surface area (Å²) in [7, 11) is 0. The summed E-state index contributed by atoms with van der Waals surface area (Å²) in [4.78, 5) is 4.17. The average molecular weight is 346 g/mol. The molecule has 5 heteroatoms. The molecule has 2 aromatic carbocycles. The fourth-order valence-corrected chi connectivity index (χ4v) is 2.98. The van der Waals surface area contributed by atoms with Crippen LogP contribution in [0, 0.1) is 5.82 Å². The second kappa shape index (κ2) is 5.89. The number of rotatable bonds is 3. The molecule has 0 saturated heterocycles. The highest BCUT2D eigenvalue weighted by Crippen LogP contribution is 2.29. The number of aromatic nitrogens is 1. The van der Waals surface area contributed by atoms with Crippen molar-refractivity contribution in [3.63, 3.8) is 0 Å². The van der Waals surface area contributed by atoms with Gasteiger partial charge in [0.2, 0.25) is 0 Å². The Balaban J connectivity index is 2.18. The zero-order valence-corrected chi connectivity index (χ0v) is 12.6. The summed E-state index contributed by atoms with van der Waals surface area (Å²) in [5, 5.41) is 2.06. The third-order valence-electron chi connectivity index (χ3n) is 3.41. The van der Waals surface area contributed by atoms with Crippen molar-refractivity contribution >= 4 is 26.7 Å². The number of fused-ring (bicyclic) bond motifs is 1. The first-order chi connectivity index (χ1) is 10.2. The molecule has 0 aliphatic rings. The zero-order valence-electron chi connectivity index (χ0n) is 11.1. The third kappa shape index (κ3) is 2.81. The molecule has 3 rings (SSSR count). The Morgan fingerprint density at radius 2 is 2.05 bits per heavy atom. The number of nitrogens with two attached hydrogens (primary N) is 1. The Kier molecular flexibility index (Phi) is 3.96. The Bertz CT molecular complexity index is 766. The first-order valence-electron chi connectivity index (χ1n) is 6.44. The molecule has 0 radical (unpaired) electrons. The van der Waals surface area contributed by atoms with Crippen molar-refractivity contribution in [3.8, 4) is 0 Å². The maximum Gasteiger partial charge on any atom is 0.124 e. The predicted octanol–water partition coefficient (Wildman–Crippen LogP) is 3.69. The SMILES string of the molecule is NNC(c1cc(F)cc(Br)c1)c1cccc2ccncc12. The fourth-order valence-electron chi connectivity index (χ4n) is 2.50. The van der Waals surface area contributed by atoms with Crippen LogP contribution in [-0.4, -0.2) is 4.98 Å². The van der Waals surface area contributed by atoms with E-state index in [-0.39, 0.29) is 11.9 Å². The first-order valence-corrected chi connectivity index (χ1v) is 7.23. The predicted molar refractivity (Wildman–Crippen MR) is 85.0 cm³/mol. The minimum Gasteiger partial charge on any atom is -0.271 e. The molecular weight excluding hydrogens is 333 g/mol. The fraction of sp³-hybridized carbons (Fsp3) is 0.0625. The van der Waals surface area contributed by atoms with Gasteiger partial charge < -0.3 is 0 Å². The topological polar surface area (TPSA) is 50.9 Å². The first kappa shape index (κ1) is 14.1. The molecule has 1 aromatic heterocycles. The van der Waals surface area contributed by atoms with E-state index in [1.54, 1.807) is 12.4 Å². The van der Waals surface area contributed by atoms with Crippen LogP contribution in [0.1, 0.15) is 17.2 Å². The molecule has 0 bridgehead atoms. The van der Waals surface area contributed by atoms with Crippen molar-refractivity contribution in [3.05, 3.63) is 76.3 Å². The maximum atomic E-state index is 13.6. The van der Waals surface area contributed by atoms with Gasteiger partial charge in [0.15, 0.2) is 0 Å². The number of halogens is 2. The maximum absolute atomic E-state index is 13.6. The van der Waals surface area contributed by atoms with Crippen molar-refractivity contribution in [1.29, 1.82) is 0 Å². The van der Waals surface area contributed by atoms with Gasteiger partial charge in [0.25, 0.3) is 0 Å². The molecule has 0 aliphatic heterocycles. The van der Waals surface area contributed by atoms with E-state index in [0.717, 1.165) is 21.9 Å². The van der Waals surface area contributed by atoms with Gasteiger partial charge in [-0.1, -0.05) is 34.1 Å². The molecule has 3 nitrogen and oxygen atoms in total. The van der Waals surface area contributed by atoms with Gasteiger partial charge in [0.1, 0.15) is 5.82 Å². The highest BCUT2D eigenvalue weighted by atomic mass is 79.9. The number of hydrogen-bond donors (Lipinski definition) is 2. The summed E-state index contributed by atoms with van der Waals surface area (Å²) in [6, 6.07) is 12.3. The van der Waals surface area contributed by atoms with Crippen molar-refractivity contribution in [2.45, 2.75) is 6.04 Å². The van der Waals surface area contributed by atoms with Crippen LogP contribution in [0.2, 0.25) is 0 Å². The van der Waals surface area contributed by atoms with Gasteiger partial charge in [-0.05, 0) is 40.8 Å². The van der Waals surface area contributed by atoms with Crippen molar-refractivity contribution in [1.82, 2.24) is 10.4 Å². The molecule has 1 atom stereocenters. The van der Waals surface area contributed by atoms with Crippen LogP contribution in [0.15, 0.2) is 59.3 Å². The molecule has 0 saturated carbocycles. The third-order valence-corrected chi connectivity index (χ3v) is 3.87. The van der Waals surface area contributed by atoms with Gasteiger partial charge in [-0.3, -0.25) is 10.8 Å². The smallest absolute Gasteiger partial charge is 0.124 e. The number of nitrogens with one attached hydrogen (secondary N) is 1. The highest BCUT2D eigenvalue weighted by Gasteiger charge is 2.16. The van der Waals surface area contributed by atoms with Crippen LogP contribution in [0.4, 0.5) is 4.39 Å². The van der Waals surface area contributed by atoms with Crippen molar-refractivity contribution in [2.75, 3.05) is 0 Å². The van der Waals surface area contributed by atoms with Crippen LogP contribution in [0.25, 0.3) is 10.8 Å². The average Bonchev–Trinajstić information content (AvgIpc) is 2.47. The molecule has 0 fully saturated rings. The van der Waals surface area contributed by atoms with Gasteiger partial charge in [-0.15, -0.1) is 0 Å². The van der Waals surface area contributed by atoms with Crippen molar-refractivity contribution < 1.29 is 4.39 Å². The van der Waals surface area contributed by atoms with Gasteiger partial charge in [-0.2, -0.15) is 0 Å². The number of hydrogen-bond acceptors (Lipinski definition) is 3. The Morgan fingerprint density at radius 1 is 1.19 bits per heavy atom. The van der Waals surface area contributed by atoms with Crippen LogP contribution < -0.4 is 11.3 Å². The second-order valence-electron chi connectivity index (χ2n) is 4.75. The standard InChI is InChI=1S/C16H13BrFN3/c17-12-6-11(7-13(18)8-12)16(21-19)14-3-1-2-10-4-5-20-9-15(10)14/h1-9,16,21H,19H2. The van der Waals surface area contributed by atoms with Gasteiger partial charge in [-0.25, -0.2) is 9.82 Å². The Morgan fingerprint density at radius 3 is 2.81 bits per heavy atom. The molecule has 3 aromatic rings. The molecular formula is C16H13BrFN3. The minimum atomic E-state index is -0.315. The largest absolute Gasteiger partial charge is 0.271 e. The lowest BCUT2D eigenvalue weighted by Crippen LogP contribution is -2.29. The van der Waals surface area contributed by atoms with E-state index < -0.39 is 0 Å². The highest BCUT2D eigenvalue weighted by molar-refractivity contribution is 9.10. The molecule has 3 N–H and O–H groups in total. The molecule has 21 heavy (non-hydrogen) atoms. The molecule has 106 valence electrons. The molecule has 0 amide bonds. The molecule has 1 unspecified atom stereocenters. The summed E-state index contributed by atoms with van der Waals surface area (Å²) in [5.74, 6) is 5.41. The van der Waals surface area contributed by atoms with Gasteiger partial charge in [0, 0.05) is 22.3 Å². The minimum absolute atomic E-state index is 0.307. The normalized spacial score (nSPS) is 12.5. The molecule has 0 aliphatic carbocycles.